The SMILES string of the molecule is COc1ccccc1OCc1cccc2c1CCN2. The molecule has 2 aromatic rings. The Morgan fingerprint density at radius 3 is 2.74 bits per heavy atom. The van der Waals surface area contributed by atoms with Crippen LogP contribution in [0.15, 0.2) is 42.5 Å². The van der Waals surface area contributed by atoms with Crippen LogP contribution in [0, 0.1) is 0 Å². The van der Waals surface area contributed by atoms with E-state index in [0.717, 1.165) is 24.5 Å². The summed E-state index contributed by atoms with van der Waals surface area (Å²) in [6.45, 7) is 1.59. The van der Waals surface area contributed by atoms with Gasteiger partial charge in [-0.05, 0) is 35.7 Å². The average Bonchev–Trinajstić information content (AvgIpc) is 2.94. The van der Waals surface area contributed by atoms with Crippen molar-refractivity contribution in [2.75, 3.05) is 19.0 Å². The summed E-state index contributed by atoms with van der Waals surface area (Å²) >= 11 is 0. The third-order valence-corrected chi connectivity index (χ3v) is 3.42. The smallest absolute Gasteiger partial charge is 0.161 e. The molecule has 3 heteroatoms. The molecule has 0 saturated carbocycles. The molecule has 1 N–H and O–H groups in total. The predicted octanol–water partition coefficient (Wildman–Crippen LogP) is 3.24. The van der Waals surface area contributed by atoms with E-state index in [2.05, 4.69) is 23.5 Å². The highest BCUT2D eigenvalue weighted by molar-refractivity contribution is 5.58. The van der Waals surface area contributed by atoms with Gasteiger partial charge in [0.2, 0.25) is 0 Å². The van der Waals surface area contributed by atoms with Crippen molar-refractivity contribution in [1.29, 1.82) is 0 Å². The molecular formula is C16H17NO2. The Morgan fingerprint density at radius 2 is 1.89 bits per heavy atom. The third-order valence-electron chi connectivity index (χ3n) is 3.42. The zero-order valence-electron chi connectivity index (χ0n) is 11.0. The molecule has 19 heavy (non-hydrogen) atoms. The Morgan fingerprint density at radius 1 is 1.05 bits per heavy atom. The second-order valence-electron chi connectivity index (χ2n) is 4.56. The molecule has 1 heterocycles. The number of rotatable bonds is 4. The summed E-state index contributed by atoms with van der Waals surface area (Å²) in [6, 6.07) is 14.0. The van der Waals surface area contributed by atoms with Gasteiger partial charge in [-0.3, -0.25) is 0 Å². The molecule has 0 fully saturated rings. The minimum atomic E-state index is 0.575. The van der Waals surface area contributed by atoms with Gasteiger partial charge in [0.1, 0.15) is 6.61 Å². The van der Waals surface area contributed by atoms with Gasteiger partial charge in [0.05, 0.1) is 7.11 Å². The fraction of sp³-hybridized carbons (Fsp3) is 0.250. The van der Waals surface area contributed by atoms with E-state index in [1.165, 1.54) is 16.8 Å². The lowest BCUT2D eigenvalue weighted by Crippen LogP contribution is -2.00. The van der Waals surface area contributed by atoms with Crippen LogP contribution in [0.4, 0.5) is 5.69 Å². The molecule has 0 amide bonds. The first kappa shape index (κ1) is 11.9. The lowest BCUT2D eigenvalue weighted by molar-refractivity contribution is 0.284. The van der Waals surface area contributed by atoms with Gasteiger partial charge >= 0.3 is 0 Å². The van der Waals surface area contributed by atoms with Crippen LogP contribution in [0.1, 0.15) is 11.1 Å². The summed E-state index contributed by atoms with van der Waals surface area (Å²) in [4.78, 5) is 0. The number of hydrogen-bond donors (Lipinski definition) is 1. The van der Waals surface area contributed by atoms with Gasteiger partial charge in [-0.1, -0.05) is 24.3 Å². The number of nitrogens with one attached hydrogen (secondary N) is 1. The first-order valence-electron chi connectivity index (χ1n) is 6.49. The van der Waals surface area contributed by atoms with Gasteiger partial charge in [-0.15, -0.1) is 0 Å². The number of para-hydroxylation sites is 2. The fourth-order valence-electron chi connectivity index (χ4n) is 2.45. The number of fused-ring (bicyclic) bond motifs is 1. The minimum absolute atomic E-state index is 0.575. The topological polar surface area (TPSA) is 30.5 Å². The number of ether oxygens (including phenoxy) is 2. The van der Waals surface area contributed by atoms with Crippen molar-refractivity contribution < 1.29 is 9.47 Å². The molecule has 0 saturated heterocycles. The van der Waals surface area contributed by atoms with Crippen molar-refractivity contribution in [3.05, 3.63) is 53.6 Å². The standard InChI is InChI=1S/C16H17NO2/c1-18-15-7-2-3-8-16(15)19-11-12-5-4-6-14-13(12)9-10-17-14/h2-8,17H,9-11H2,1H3. The molecule has 2 aromatic carbocycles. The van der Waals surface area contributed by atoms with Crippen LogP contribution < -0.4 is 14.8 Å². The van der Waals surface area contributed by atoms with Gasteiger partial charge in [0.15, 0.2) is 11.5 Å². The fourth-order valence-corrected chi connectivity index (χ4v) is 2.45. The monoisotopic (exact) mass is 255 g/mol. The van der Waals surface area contributed by atoms with Gasteiger partial charge in [-0.2, -0.15) is 0 Å². The van der Waals surface area contributed by atoms with Crippen LogP contribution >= 0.6 is 0 Å². The molecule has 98 valence electrons. The van der Waals surface area contributed by atoms with Gasteiger partial charge in [0.25, 0.3) is 0 Å². The van der Waals surface area contributed by atoms with Crippen LogP contribution in [-0.4, -0.2) is 13.7 Å². The number of hydrogen-bond acceptors (Lipinski definition) is 3. The molecule has 0 unspecified atom stereocenters. The van der Waals surface area contributed by atoms with Gasteiger partial charge < -0.3 is 14.8 Å². The summed E-state index contributed by atoms with van der Waals surface area (Å²) in [5.41, 5.74) is 3.85. The summed E-state index contributed by atoms with van der Waals surface area (Å²) in [7, 11) is 1.66. The molecule has 1 aliphatic rings. The third kappa shape index (κ3) is 2.36. The van der Waals surface area contributed by atoms with Gasteiger partial charge in [-0.25, -0.2) is 0 Å². The molecule has 0 aliphatic carbocycles. The lowest BCUT2D eigenvalue weighted by Gasteiger charge is -2.12. The maximum atomic E-state index is 5.89. The summed E-state index contributed by atoms with van der Waals surface area (Å²) < 4.78 is 11.2. The molecule has 3 nitrogen and oxygen atoms in total. The zero-order chi connectivity index (χ0) is 13.1. The summed E-state index contributed by atoms with van der Waals surface area (Å²) in [5, 5.41) is 3.38. The highest BCUT2D eigenvalue weighted by Gasteiger charge is 2.14. The largest absolute Gasteiger partial charge is 0.493 e. The van der Waals surface area contributed by atoms with Crippen LogP contribution in [0.3, 0.4) is 0 Å². The number of methoxy groups -OCH3 is 1. The first-order chi connectivity index (χ1) is 9.38. The maximum Gasteiger partial charge on any atom is 0.161 e. The van der Waals surface area contributed by atoms with Crippen molar-refractivity contribution in [3.63, 3.8) is 0 Å². The van der Waals surface area contributed by atoms with Crippen molar-refractivity contribution in [2.24, 2.45) is 0 Å². The van der Waals surface area contributed by atoms with E-state index in [1.807, 2.05) is 24.3 Å². The second-order valence-corrected chi connectivity index (χ2v) is 4.56. The molecule has 0 atom stereocenters. The van der Waals surface area contributed by atoms with E-state index in [9.17, 15) is 0 Å². The van der Waals surface area contributed by atoms with E-state index in [0.29, 0.717) is 6.61 Å². The van der Waals surface area contributed by atoms with E-state index in [4.69, 9.17) is 9.47 Å². The number of benzene rings is 2. The Bertz CT molecular complexity index is 581. The van der Waals surface area contributed by atoms with Gasteiger partial charge in [0, 0.05) is 12.2 Å². The molecule has 0 aromatic heterocycles. The Kier molecular flexibility index (Phi) is 3.27. The van der Waals surface area contributed by atoms with Crippen molar-refractivity contribution in [3.8, 4) is 11.5 Å². The molecule has 0 spiro atoms. The highest BCUT2D eigenvalue weighted by Crippen LogP contribution is 2.29. The summed E-state index contributed by atoms with van der Waals surface area (Å²) in [5.74, 6) is 1.56. The quantitative estimate of drug-likeness (QED) is 0.909. The molecule has 1 aliphatic heterocycles. The van der Waals surface area contributed by atoms with Crippen molar-refractivity contribution in [1.82, 2.24) is 0 Å². The predicted molar refractivity (Wildman–Crippen MR) is 76.0 cm³/mol. The van der Waals surface area contributed by atoms with Crippen molar-refractivity contribution in [2.45, 2.75) is 13.0 Å². The molecule has 0 bridgehead atoms. The van der Waals surface area contributed by atoms with Crippen LogP contribution in [0.2, 0.25) is 0 Å². The van der Waals surface area contributed by atoms with Crippen LogP contribution in [-0.2, 0) is 13.0 Å². The van der Waals surface area contributed by atoms with E-state index in [1.54, 1.807) is 7.11 Å². The maximum absolute atomic E-state index is 5.89. The van der Waals surface area contributed by atoms with Crippen molar-refractivity contribution >= 4 is 5.69 Å². The zero-order valence-corrected chi connectivity index (χ0v) is 11.0. The molecule has 0 radical (unpaired) electrons. The summed E-state index contributed by atoms with van der Waals surface area (Å²) in [6.07, 6.45) is 1.07. The van der Waals surface area contributed by atoms with E-state index >= 15 is 0 Å². The second kappa shape index (κ2) is 5.22. The Labute approximate surface area is 113 Å². The van der Waals surface area contributed by atoms with E-state index in [-0.39, 0.29) is 0 Å². The number of anilines is 1. The van der Waals surface area contributed by atoms with Crippen LogP contribution in [0.25, 0.3) is 0 Å². The lowest BCUT2D eigenvalue weighted by atomic mass is 10.1. The Balaban J connectivity index is 1.78. The minimum Gasteiger partial charge on any atom is -0.493 e. The Hall–Kier alpha value is -2.16. The first-order valence-corrected chi connectivity index (χ1v) is 6.49. The average molecular weight is 255 g/mol. The molecular weight excluding hydrogens is 238 g/mol. The highest BCUT2D eigenvalue weighted by atomic mass is 16.5. The molecule has 3 rings (SSSR count). The van der Waals surface area contributed by atoms with E-state index < -0.39 is 0 Å². The normalized spacial score (nSPS) is 12.7. The van der Waals surface area contributed by atoms with Crippen LogP contribution in [0.5, 0.6) is 11.5 Å².